The van der Waals surface area contributed by atoms with Crippen LogP contribution in [0.4, 0.5) is 26.3 Å². The number of rotatable bonds is 3. The first-order valence-electron chi connectivity index (χ1n) is 10.7. The lowest BCUT2D eigenvalue weighted by atomic mass is 10.2. The van der Waals surface area contributed by atoms with Crippen LogP contribution >= 0.6 is 0 Å². The van der Waals surface area contributed by atoms with Crippen molar-refractivity contribution in [3.8, 4) is 0 Å². The van der Waals surface area contributed by atoms with Crippen LogP contribution in [0.25, 0.3) is 0 Å². The van der Waals surface area contributed by atoms with E-state index in [2.05, 4.69) is 93.6 Å². The third-order valence-electron chi connectivity index (χ3n) is 5.40. The Bertz CT molecular complexity index is 1350. The van der Waals surface area contributed by atoms with Crippen molar-refractivity contribution in [3.05, 3.63) is 89.5 Å². The van der Waals surface area contributed by atoms with Gasteiger partial charge in [0.05, 0.1) is 10.9 Å². The van der Waals surface area contributed by atoms with Gasteiger partial charge in [-0.3, -0.25) is 0 Å². The van der Waals surface area contributed by atoms with Gasteiger partial charge >= 0.3 is 16.4 Å². The van der Waals surface area contributed by atoms with E-state index in [1.807, 2.05) is 0 Å². The van der Waals surface area contributed by atoms with Gasteiger partial charge in [-0.05, 0) is 57.2 Å². The minimum atomic E-state index is -6.57. The maximum absolute atomic E-state index is 12.5. The molecule has 0 amide bonds. The summed E-state index contributed by atoms with van der Waals surface area (Å²) in [4.78, 5) is 4.12. The fourth-order valence-corrected chi connectivity index (χ4v) is 8.22. The van der Waals surface area contributed by atoms with E-state index in [1.165, 1.54) is 31.4 Å². The molecule has 14 heteroatoms. The highest BCUT2D eigenvalue weighted by Crippen LogP contribution is 2.53. The summed E-state index contributed by atoms with van der Waals surface area (Å²) >= 11 is 0. The molecular formula is C24H22F6NO4S3+. The fourth-order valence-electron chi connectivity index (χ4n) is 3.19. The second-order valence-electron chi connectivity index (χ2n) is 8.44. The number of benzene rings is 3. The number of hydrogen-bond donors (Lipinski definition) is 1. The first-order valence-corrected chi connectivity index (χ1v) is 14.9. The highest BCUT2D eigenvalue weighted by atomic mass is 32.3. The van der Waals surface area contributed by atoms with E-state index in [1.54, 1.807) is 0 Å². The predicted octanol–water partition coefficient (Wildman–Crippen LogP) is 5.78. The Morgan fingerprint density at radius 2 is 0.763 bits per heavy atom. The monoisotopic (exact) mass is 598 g/mol. The average molecular weight is 599 g/mol. The van der Waals surface area contributed by atoms with E-state index in [0.717, 1.165) is 0 Å². The Morgan fingerprint density at radius 3 is 1.00 bits per heavy atom. The summed E-state index contributed by atoms with van der Waals surface area (Å²) in [6.45, 7) is 6.42. The molecule has 1 heterocycles. The minimum absolute atomic E-state index is 0.0394. The number of nitrogens with one attached hydrogen (secondary N) is 1. The summed E-state index contributed by atoms with van der Waals surface area (Å²) < 4.78 is 116. The van der Waals surface area contributed by atoms with Crippen LogP contribution < -0.4 is 4.13 Å². The lowest BCUT2D eigenvalue weighted by Crippen LogP contribution is -2.70. The van der Waals surface area contributed by atoms with Crippen molar-refractivity contribution >= 4 is 30.9 Å². The molecule has 1 fully saturated rings. The summed E-state index contributed by atoms with van der Waals surface area (Å²) in [5.74, 6) is -6.57. The predicted molar refractivity (Wildman–Crippen MR) is 132 cm³/mol. The van der Waals surface area contributed by atoms with Crippen molar-refractivity contribution in [3.63, 3.8) is 0 Å². The lowest BCUT2D eigenvalue weighted by Gasteiger charge is -2.35. The molecule has 0 atom stereocenters. The van der Waals surface area contributed by atoms with Crippen molar-refractivity contribution in [1.29, 1.82) is 0 Å². The van der Waals surface area contributed by atoms with Gasteiger partial charge in [0.1, 0.15) is 0 Å². The maximum atomic E-state index is 12.5. The molecular weight excluding hydrogens is 576 g/mol. The van der Waals surface area contributed by atoms with Gasteiger partial charge in [-0.15, -0.1) is 0 Å². The van der Waals surface area contributed by atoms with Gasteiger partial charge in [0.2, 0.25) is 0 Å². The van der Waals surface area contributed by atoms with Gasteiger partial charge in [0.25, 0.3) is 20.0 Å². The summed E-state index contributed by atoms with van der Waals surface area (Å²) in [5.41, 5.74) is 3.92. The first kappa shape index (κ1) is 30.0. The van der Waals surface area contributed by atoms with Crippen molar-refractivity contribution in [2.75, 3.05) is 0 Å². The summed E-state index contributed by atoms with van der Waals surface area (Å²) in [7, 11) is -12.9. The standard InChI is InChI=1S/C21H21S.C3HF6NO4S2/c1-16-4-10-19(11-5-16)22(20-12-6-17(2)7-13-20)21-14-8-18(3)9-15-21;4-1(5)2(6,7)15(11,12)10-16(13,14)3(1,8)9/h4-15H,1-3H3;10H/q+1;. The normalized spacial score (nSPS) is 20.3. The average Bonchev–Trinajstić information content (AvgIpc) is 2.81. The number of halogens is 6. The number of sulfonamides is 2. The molecule has 0 spiro atoms. The van der Waals surface area contributed by atoms with Crippen LogP contribution in [0, 0.1) is 20.8 Å². The molecule has 0 aliphatic carbocycles. The Hall–Kier alpha value is -2.55. The van der Waals surface area contributed by atoms with Crippen molar-refractivity contribution in [1.82, 2.24) is 4.13 Å². The van der Waals surface area contributed by atoms with Crippen molar-refractivity contribution < 1.29 is 43.2 Å². The largest absolute Gasteiger partial charge is 0.429 e. The van der Waals surface area contributed by atoms with Gasteiger partial charge in [-0.2, -0.15) is 26.3 Å². The Balaban J connectivity index is 0.000000223. The van der Waals surface area contributed by atoms with Crippen LogP contribution in [0.3, 0.4) is 0 Å². The van der Waals surface area contributed by atoms with Gasteiger partial charge in [0.15, 0.2) is 14.7 Å². The molecule has 1 saturated heterocycles. The Kier molecular flexibility index (Phi) is 8.06. The van der Waals surface area contributed by atoms with E-state index in [9.17, 15) is 43.2 Å². The van der Waals surface area contributed by atoms with Gasteiger partial charge < -0.3 is 0 Å². The van der Waals surface area contributed by atoms with Gasteiger partial charge in [-0.25, -0.2) is 16.8 Å². The maximum Gasteiger partial charge on any atom is 0.429 e. The number of aryl methyl sites for hydroxylation is 3. The Labute approximate surface area is 219 Å². The van der Waals surface area contributed by atoms with Crippen molar-refractivity contribution in [2.45, 2.75) is 51.9 Å². The molecule has 0 unspecified atom stereocenters. The van der Waals surface area contributed by atoms with E-state index in [4.69, 9.17) is 0 Å². The van der Waals surface area contributed by atoms with Crippen LogP contribution in [0.5, 0.6) is 0 Å². The molecule has 1 N–H and O–H groups in total. The summed E-state index contributed by atoms with van der Waals surface area (Å²) in [6, 6.07) is 26.8. The third kappa shape index (κ3) is 5.31. The summed E-state index contributed by atoms with van der Waals surface area (Å²) in [5, 5.41) is -12.5. The van der Waals surface area contributed by atoms with E-state index in [0.29, 0.717) is 0 Å². The molecule has 3 aromatic carbocycles. The highest BCUT2D eigenvalue weighted by Gasteiger charge is 2.86. The van der Waals surface area contributed by atoms with E-state index >= 15 is 0 Å². The molecule has 0 radical (unpaired) electrons. The van der Waals surface area contributed by atoms with Crippen LogP contribution in [-0.2, 0) is 30.9 Å². The molecule has 4 rings (SSSR count). The third-order valence-corrected chi connectivity index (χ3v) is 11.2. The Morgan fingerprint density at radius 1 is 0.526 bits per heavy atom. The molecule has 5 nitrogen and oxygen atoms in total. The van der Waals surface area contributed by atoms with Gasteiger partial charge in [0, 0.05) is 0 Å². The zero-order valence-electron chi connectivity index (χ0n) is 20.1. The number of alkyl halides is 6. The second kappa shape index (κ2) is 10.2. The van der Waals surface area contributed by atoms with E-state index in [-0.39, 0.29) is 15.0 Å². The topological polar surface area (TPSA) is 80.3 Å². The van der Waals surface area contributed by atoms with Crippen LogP contribution in [0.2, 0.25) is 0 Å². The molecule has 3 aromatic rings. The zero-order chi connectivity index (χ0) is 28.7. The smallest absolute Gasteiger partial charge is 0.205 e. The van der Waals surface area contributed by atoms with Crippen molar-refractivity contribution in [2.24, 2.45) is 0 Å². The fraction of sp³-hybridized carbons (Fsp3) is 0.250. The quantitative estimate of drug-likeness (QED) is 0.306. The highest BCUT2D eigenvalue weighted by molar-refractivity contribution is 8.06. The zero-order valence-corrected chi connectivity index (χ0v) is 22.5. The second-order valence-corrected chi connectivity index (χ2v) is 14.2. The molecule has 0 bridgehead atoms. The van der Waals surface area contributed by atoms with Crippen LogP contribution in [-0.4, -0.2) is 33.3 Å². The number of hydrogen-bond acceptors (Lipinski definition) is 4. The summed E-state index contributed by atoms with van der Waals surface area (Å²) in [6.07, 6.45) is 0. The molecule has 1 aliphatic heterocycles. The first-order chi connectivity index (χ1) is 17.3. The van der Waals surface area contributed by atoms with E-state index < -0.39 is 36.5 Å². The SMILES string of the molecule is Cc1ccc([S+](c2ccc(C)cc2)c2ccc(C)cc2)cc1.O=S1(=O)NS(=O)(=O)C(F)(F)C(F)(F)C1(F)F. The molecule has 0 saturated carbocycles. The molecule has 1 aliphatic rings. The lowest BCUT2D eigenvalue weighted by molar-refractivity contribution is -0.246. The van der Waals surface area contributed by atoms with Crippen LogP contribution in [0.1, 0.15) is 16.7 Å². The molecule has 206 valence electrons. The minimum Gasteiger partial charge on any atom is -0.205 e. The molecule has 0 aromatic heterocycles. The molecule has 38 heavy (non-hydrogen) atoms. The van der Waals surface area contributed by atoms with Crippen LogP contribution in [0.15, 0.2) is 87.5 Å². The van der Waals surface area contributed by atoms with Gasteiger partial charge in [-0.1, -0.05) is 57.2 Å².